The highest BCUT2D eigenvalue weighted by Gasteiger charge is 2.26. The second-order valence-corrected chi connectivity index (χ2v) is 7.59. The zero-order chi connectivity index (χ0) is 14.6. The van der Waals surface area contributed by atoms with Crippen LogP contribution in [0.3, 0.4) is 0 Å². The summed E-state index contributed by atoms with van der Waals surface area (Å²) in [5, 5.41) is 7.20. The molecule has 0 saturated carbocycles. The number of hydrogen-bond donors (Lipinski definition) is 1. The van der Waals surface area contributed by atoms with Gasteiger partial charge in [-0.2, -0.15) is 0 Å². The molecule has 2 nitrogen and oxygen atoms in total. The van der Waals surface area contributed by atoms with Gasteiger partial charge >= 0.3 is 0 Å². The van der Waals surface area contributed by atoms with Crippen molar-refractivity contribution in [2.45, 2.75) is 78.8 Å². The molecule has 1 atom stereocenters. The number of rotatable bonds is 6. The van der Waals surface area contributed by atoms with Gasteiger partial charge in [-0.3, -0.25) is 0 Å². The monoisotopic (exact) mass is 282 g/mol. The fraction of sp³-hybridized carbons (Fsp3) is 0.812. The molecule has 110 valence electrons. The maximum atomic E-state index is 4.91. The minimum absolute atomic E-state index is 0.144. The first-order chi connectivity index (χ1) is 8.79. The van der Waals surface area contributed by atoms with Gasteiger partial charge in [-0.15, -0.1) is 11.3 Å². The van der Waals surface area contributed by atoms with Crippen LogP contribution in [0.4, 0.5) is 0 Å². The van der Waals surface area contributed by atoms with Gasteiger partial charge in [-0.05, 0) is 5.92 Å². The van der Waals surface area contributed by atoms with Gasteiger partial charge in [-0.1, -0.05) is 61.3 Å². The van der Waals surface area contributed by atoms with Crippen molar-refractivity contribution in [3.05, 3.63) is 16.1 Å². The van der Waals surface area contributed by atoms with Crippen LogP contribution < -0.4 is 5.32 Å². The van der Waals surface area contributed by atoms with E-state index in [1.165, 1.54) is 23.5 Å². The summed E-state index contributed by atoms with van der Waals surface area (Å²) in [5.74, 6) is 0.668. The SMILES string of the molecule is CCC(CC)C(NC(C)C)c1nc(C(C)(C)C)cs1. The molecule has 1 aromatic heterocycles. The van der Waals surface area contributed by atoms with Gasteiger partial charge < -0.3 is 5.32 Å². The molecule has 1 N–H and O–H groups in total. The molecule has 3 heteroatoms. The largest absolute Gasteiger partial charge is 0.305 e. The van der Waals surface area contributed by atoms with Gasteiger partial charge in [0.2, 0.25) is 0 Å². The first-order valence-electron chi connectivity index (χ1n) is 7.51. The van der Waals surface area contributed by atoms with E-state index >= 15 is 0 Å². The molecule has 1 unspecified atom stereocenters. The maximum Gasteiger partial charge on any atom is 0.110 e. The second kappa shape index (κ2) is 6.85. The lowest BCUT2D eigenvalue weighted by atomic mass is 9.92. The molecule has 0 aromatic carbocycles. The van der Waals surface area contributed by atoms with Crippen LogP contribution in [0.15, 0.2) is 5.38 Å². The first-order valence-corrected chi connectivity index (χ1v) is 8.39. The molecule has 0 saturated heterocycles. The molecular weight excluding hydrogens is 252 g/mol. The first kappa shape index (κ1) is 16.6. The zero-order valence-corrected chi connectivity index (χ0v) is 14.4. The van der Waals surface area contributed by atoms with Gasteiger partial charge in [-0.25, -0.2) is 4.98 Å². The van der Waals surface area contributed by atoms with Crippen molar-refractivity contribution in [2.24, 2.45) is 5.92 Å². The minimum atomic E-state index is 0.144. The summed E-state index contributed by atoms with van der Waals surface area (Å²) in [7, 11) is 0. The number of nitrogens with zero attached hydrogens (tertiary/aromatic N) is 1. The predicted octanol–water partition coefficient (Wildman–Crippen LogP) is 4.92. The Kier molecular flexibility index (Phi) is 6.00. The normalized spacial score (nSPS) is 14.4. The molecule has 0 radical (unpaired) electrons. The number of aromatic nitrogens is 1. The third-order valence-electron chi connectivity index (χ3n) is 3.59. The van der Waals surface area contributed by atoms with Crippen molar-refractivity contribution in [3.63, 3.8) is 0 Å². The molecule has 0 bridgehead atoms. The van der Waals surface area contributed by atoms with Crippen LogP contribution in [0.2, 0.25) is 0 Å². The third-order valence-corrected chi connectivity index (χ3v) is 4.52. The lowest BCUT2D eigenvalue weighted by molar-refractivity contribution is 0.319. The number of nitrogens with one attached hydrogen (secondary N) is 1. The summed E-state index contributed by atoms with van der Waals surface area (Å²) in [6.45, 7) is 15.7. The molecule has 0 aliphatic heterocycles. The van der Waals surface area contributed by atoms with E-state index in [0.29, 0.717) is 18.0 Å². The van der Waals surface area contributed by atoms with Crippen molar-refractivity contribution in [3.8, 4) is 0 Å². The lowest BCUT2D eigenvalue weighted by Crippen LogP contribution is -2.33. The Hall–Kier alpha value is -0.410. The van der Waals surface area contributed by atoms with E-state index in [4.69, 9.17) is 4.98 Å². The van der Waals surface area contributed by atoms with Gasteiger partial charge in [0.05, 0.1) is 11.7 Å². The predicted molar refractivity (Wildman–Crippen MR) is 85.9 cm³/mol. The average Bonchev–Trinajstić information content (AvgIpc) is 2.77. The Morgan fingerprint density at radius 1 is 1.21 bits per heavy atom. The van der Waals surface area contributed by atoms with Crippen LogP contribution in [-0.2, 0) is 5.41 Å². The van der Waals surface area contributed by atoms with E-state index in [0.717, 1.165) is 0 Å². The highest BCUT2D eigenvalue weighted by Crippen LogP contribution is 2.32. The summed E-state index contributed by atoms with van der Waals surface area (Å²) in [4.78, 5) is 4.91. The Morgan fingerprint density at radius 3 is 2.16 bits per heavy atom. The van der Waals surface area contributed by atoms with E-state index in [2.05, 4.69) is 59.2 Å². The van der Waals surface area contributed by atoms with Gasteiger partial charge in [0.1, 0.15) is 5.01 Å². The Morgan fingerprint density at radius 2 is 1.79 bits per heavy atom. The molecule has 0 amide bonds. The van der Waals surface area contributed by atoms with Crippen molar-refractivity contribution < 1.29 is 0 Å². The lowest BCUT2D eigenvalue weighted by Gasteiger charge is -2.27. The Bertz CT molecular complexity index is 372. The van der Waals surface area contributed by atoms with E-state index in [-0.39, 0.29) is 5.41 Å². The molecule has 0 fully saturated rings. The van der Waals surface area contributed by atoms with Crippen LogP contribution >= 0.6 is 11.3 Å². The molecule has 0 aliphatic rings. The van der Waals surface area contributed by atoms with Crippen LogP contribution in [-0.4, -0.2) is 11.0 Å². The van der Waals surface area contributed by atoms with E-state index in [9.17, 15) is 0 Å². The third kappa shape index (κ3) is 4.57. The quantitative estimate of drug-likeness (QED) is 0.801. The van der Waals surface area contributed by atoms with Crippen molar-refractivity contribution in [2.75, 3.05) is 0 Å². The standard InChI is InChI=1S/C16H30N2S/c1-8-12(9-2)14(17-11(3)4)15-18-13(10-19-15)16(5,6)7/h10-12,14,17H,8-9H2,1-7H3. The molecule has 0 spiro atoms. The van der Waals surface area contributed by atoms with Gasteiger partial charge in [0, 0.05) is 16.8 Å². The summed E-state index contributed by atoms with van der Waals surface area (Å²) in [6.07, 6.45) is 2.40. The van der Waals surface area contributed by atoms with Gasteiger partial charge in [0.15, 0.2) is 0 Å². The van der Waals surface area contributed by atoms with E-state index in [1.54, 1.807) is 0 Å². The van der Waals surface area contributed by atoms with Crippen molar-refractivity contribution >= 4 is 11.3 Å². The highest BCUT2D eigenvalue weighted by molar-refractivity contribution is 7.09. The number of thiazole rings is 1. The van der Waals surface area contributed by atoms with E-state index in [1.807, 2.05) is 11.3 Å². The maximum absolute atomic E-state index is 4.91. The Labute approximate surface area is 123 Å². The van der Waals surface area contributed by atoms with E-state index < -0.39 is 0 Å². The van der Waals surface area contributed by atoms with Gasteiger partial charge in [0.25, 0.3) is 0 Å². The average molecular weight is 282 g/mol. The highest BCUT2D eigenvalue weighted by atomic mass is 32.1. The minimum Gasteiger partial charge on any atom is -0.305 e. The van der Waals surface area contributed by atoms with Crippen LogP contribution in [0.1, 0.15) is 78.1 Å². The summed E-state index contributed by atoms with van der Waals surface area (Å²) in [5.41, 5.74) is 1.36. The molecule has 1 heterocycles. The summed E-state index contributed by atoms with van der Waals surface area (Å²) >= 11 is 1.81. The van der Waals surface area contributed by atoms with Crippen LogP contribution in [0.5, 0.6) is 0 Å². The zero-order valence-electron chi connectivity index (χ0n) is 13.6. The Balaban J connectivity index is 3.00. The van der Waals surface area contributed by atoms with Crippen LogP contribution in [0, 0.1) is 5.92 Å². The fourth-order valence-electron chi connectivity index (χ4n) is 2.30. The molecule has 1 rings (SSSR count). The molecule has 0 aliphatic carbocycles. The topological polar surface area (TPSA) is 24.9 Å². The summed E-state index contributed by atoms with van der Waals surface area (Å²) in [6, 6.07) is 0.892. The number of hydrogen-bond acceptors (Lipinski definition) is 3. The van der Waals surface area contributed by atoms with Crippen molar-refractivity contribution in [1.29, 1.82) is 0 Å². The molecule has 19 heavy (non-hydrogen) atoms. The summed E-state index contributed by atoms with van der Waals surface area (Å²) < 4.78 is 0. The second-order valence-electron chi connectivity index (χ2n) is 6.70. The molecular formula is C16H30N2S. The molecule has 1 aromatic rings. The van der Waals surface area contributed by atoms with Crippen molar-refractivity contribution in [1.82, 2.24) is 10.3 Å². The van der Waals surface area contributed by atoms with Crippen LogP contribution in [0.25, 0.3) is 0 Å². The smallest absolute Gasteiger partial charge is 0.110 e. The fourth-order valence-corrected chi connectivity index (χ4v) is 3.50.